The van der Waals surface area contributed by atoms with Gasteiger partial charge < -0.3 is 18.9 Å². The summed E-state index contributed by atoms with van der Waals surface area (Å²) in [4.78, 5) is 0. The van der Waals surface area contributed by atoms with Crippen LogP contribution in [0.15, 0.2) is 97.1 Å². The molecule has 11 rings (SSSR count). The second-order valence-corrected chi connectivity index (χ2v) is 14.4. The van der Waals surface area contributed by atoms with E-state index < -0.39 is 0 Å². The van der Waals surface area contributed by atoms with Crippen LogP contribution in [0.5, 0.6) is 23.0 Å². The molecule has 0 unspecified atom stereocenters. The molecule has 4 aromatic carbocycles. The zero-order valence-electron chi connectivity index (χ0n) is 26.3. The van der Waals surface area contributed by atoms with Gasteiger partial charge in [0.15, 0.2) is 0 Å². The standard InChI is InChI=1S/C38H44O4S2/c1-37(2)29-5-13-33(14-6-29)39-21-25-43-27-23-41-35-17-9-31(10-18-35)38(3,4)32-11-19-36(20-12-32)42-24-28-44-26-22-40-34-15-7-30(37)8-16-34/h5-20H,21-28H2,1-4H3. The van der Waals surface area contributed by atoms with Crippen molar-refractivity contribution in [3.63, 3.8) is 0 Å². The van der Waals surface area contributed by atoms with Crippen molar-refractivity contribution in [1.29, 1.82) is 0 Å². The third-order valence-corrected chi connectivity index (χ3v) is 10.1. The molecule has 7 aliphatic rings. The lowest BCUT2D eigenvalue weighted by atomic mass is 9.78. The van der Waals surface area contributed by atoms with E-state index in [1.165, 1.54) is 22.3 Å². The molecule has 0 aliphatic carbocycles. The van der Waals surface area contributed by atoms with Crippen molar-refractivity contribution in [1.82, 2.24) is 0 Å². The van der Waals surface area contributed by atoms with Crippen LogP contribution in [0, 0.1) is 0 Å². The fraction of sp³-hybridized carbons (Fsp3) is 0.368. The molecule has 0 fully saturated rings. The Morgan fingerprint density at radius 2 is 0.568 bits per heavy atom. The molecule has 7 heterocycles. The van der Waals surface area contributed by atoms with Crippen LogP contribution in [0.4, 0.5) is 0 Å². The monoisotopic (exact) mass is 628 g/mol. The fourth-order valence-electron chi connectivity index (χ4n) is 5.28. The molecular weight excluding hydrogens is 585 g/mol. The van der Waals surface area contributed by atoms with Gasteiger partial charge in [-0.25, -0.2) is 0 Å². The smallest absolute Gasteiger partial charge is 0.119 e. The van der Waals surface area contributed by atoms with Gasteiger partial charge >= 0.3 is 0 Å². The summed E-state index contributed by atoms with van der Waals surface area (Å²) in [6.45, 7) is 11.7. The lowest BCUT2D eigenvalue weighted by Gasteiger charge is -2.26. The van der Waals surface area contributed by atoms with Crippen molar-refractivity contribution in [2.75, 3.05) is 49.4 Å². The number of rotatable bonds is 0. The van der Waals surface area contributed by atoms with Crippen molar-refractivity contribution in [2.24, 2.45) is 0 Å². The average molecular weight is 629 g/mol. The van der Waals surface area contributed by atoms with Crippen molar-refractivity contribution >= 4 is 23.5 Å². The van der Waals surface area contributed by atoms with Gasteiger partial charge in [-0.3, -0.25) is 0 Å². The minimum absolute atomic E-state index is 0.127. The molecular formula is C38H44O4S2. The average Bonchev–Trinajstić information content (AvgIpc) is 3.04. The summed E-state index contributed by atoms with van der Waals surface area (Å²) in [5, 5.41) is 0. The Kier molecular flexibility index (Phi) is 11.1. The number of hydrogen-bond acceptors (Lipinski definition) is 6. The van der Waals surface area contributed by atoms with Crippen molar-refractivity contribution in [2.45, 2.75) is 38.5 Å². The molecule has 8 bridgehead atoms. The predicted molar refractivity (Wildman–Crippen MR) is 187 cm³/mol. The fourth-order valence-corrected chi connectivity index (χ4v) is 6.50. The molecule has 232 valence electrons. The molecule has 0 atom stereocenters. The highest BCUT2D eigenvalue weighted by atomic mass is 32.2. The van der Waals surface area contributed by atoms with Crippen LogP contribution >= 0.6 is 23.5 Å². The second-order valence-electron chi connectivity index (χ2n) is 12.0. The summed E-state index contributed by atoms with van der Waals surface area (Å²) >= 11 is 3.69. The minimum atomic E-state index is -0.127. The van der Waals surface area contributed by atoms with E-state index in [0.717, 1.165) is 46.0 Å². The molecule has 0 N–H and O–H groups in total. The number of thioether (sulfide) groups is 2. The van der Waals surface area contributed by atoms with E-state index in [9.17, 15) is 0 Å². The van der Waals surface area contributed by atoms with Gasteiger partial charge in [0.2, 0.25) is 0 Å². The Morgan fingerprint density at radius 3 is 0.773 bits per heavy atom. The van der Waals surface area contributed by atoms with Gasteiger partial charge in [-0.2, -0.15) is 23.5 Å². The summed E-state index contributed by atoms with van der Waals surface area (Å²) in [5.41, 5.74) is 4.75. The van der Waals surface area contributed by atoms with Gasteiger partial charge in [0.1, 0.15) is 23.0 Å². The number of hydrogen-bond donors (Lipinski definition) is 0. The van der Waals surface area contributed by atoms with Crippen LogP contribution in [0.1, 0.15) is 49.9 Å². The van der Waals surface area contributed by atoms with Gasteiger partial charge in [-0.15, -0.1) is 0 Å². The molecule has 0 saturated heterocycles. The van der Waals surface area contributed by atoms with Crippen molar-refractivity contribution < 1.29 is 18.9 Å². The maximum atomic E-state index is 6.02. The SMILES string of the molecule is CC1(C)c2ccc(cc2)OCCSCCOc2ccc(cc2)C(C)(C)c2ccc(cc2)OCCSCCOc2ccc1cc2. The Labute approximate surface area is 271 Å². The van der Waals surface area contributed by atoms with E-state index in [1.54, 1.807) is 0 Å². The van der Waals surface area contributed by atoms with E-state index in [2.05, 4.69) is 125 Å². The topological polar surface area (TPSA) is 36.9 Å². The van der Waals surface area contributed by atoms with Crippen LogP contribution < -0.4 is 18.9 Å². The first kappa shape index (κ1) is 32.2. The van der Waals surface area contributed by atoms with Gasteiger partial charge in [-0.1, -0.05) is 76.2 Å². The second kappa shape index (κ2) is 15.2. The minimum Gasteiger partial charge on any atom is -0.493 e. The summed E-state index contributed by atoms with van der Waals surface area (Å²) < 4.78 is 24.1. The van der Waals surface area contributed by atoms with E-state index in [-0.39, 0.29) is 10.8 Å². The summed E-state index contributed by atoms with van der Waals surface area (Å²) in [5.74, 6) is 7.28. The lowest BCUT2D eigenvalue weighted by Crippen LogP contribution is -2.18. The molecule has 4 aromatic rings. The third-order valence-electron chi connectivity index (χ3n) is 8.29. The molecule has 0 radical (unpaired) electrons. The molecule has 0 amide bonds. The van der Waals surface area contributed by atoms with E-state index >= 15 is 0 Å². The Hall–Kier alpha value is -3.22. The summed E-state index contributed by atoms with van der Waals surface area (Å²) in [6, 6.07) is 34.0. The lowest BCUT2D eigenvalue weighted by molar-refractivity contribution is 0.339. The highest BCUT2D eigenvalue weighted by molar-refractivity contribution is 7.99. The first-order chi connectivity index (χ1) is 21.3. The molecule has 7 aliphatic heterocycles. The highest BCUT2D eigenvalue weighted by Gasteiger charge is 2.24. The summed E-state index contributed by atoms with van der Waals surface area (Å²) in [7, 11) is 0. The van der Waals surface area contributed by atoms with Gasteiger partial charge in [0.05, 0.1) is 26.4 Å². The molecule has 0 aromatic heterocycles. The Balaban J connectivity index is 1.22. The van der Waals surface area contributed by atoms with E-state index in [0.29, 0.717) is 26.4 Å². The van der Waals surface area contributed by atoms with Crippen LogP contribution in [-0.4, -0.2) is 49.4 Å². The van der Waals surface area contributed by atoms with Crippen molar-refractivity contribution in [3.8, 4) is 23.0 Å². The maximum Gasteiger partial charge on any atom is 0.119 e. The quantitative estimate of drug-likeness (QED) is 0.193. The predicted octanol–water partition coefficient (Wildman–Crippen LogP) is 9.03. The first-order valence-electron chi connectivity index (χ1n) is 15.4. The van der Waals surface area contributed by atoms with E-state index in [4.69, 9.17) is 18.9 Å². The zero-order chi connectivity index (χ0) is 30.8. The van der Waals surface area contributed by atoms with Crippen molar-refractivity contribution in [3.05, 3.63) is 119 Å². The molecule has 4 nitrogen and oxygen atoms in total. The molecule has 44 heavy (non-hydrogen) atoms. The molecule has 0 spiro atoms. The largest absolute Gasteiger partial charge is 0.493 e. The summed E-state index contributed by atoms with van der Waals surface area (Å²) in [6.07, 6.45) is 0. The number of ether oxygens (including phenoxy) is 4. The molecule has 0 saturated carbocycles. The normalized spacial score (nSPS) is 17.7. The van der Waals surface area contributed by atoms with Gasteiger partial charge in [-0.05, 0) is 70.8 Å². The van der Waals surface area contributed by atoms with Gasteiger partial charge in [0.25, 0.3) is 0 Å². The third kappa shape index (κ3) is 8.48. The zero-order valence-corrected chi connectivity index (χ0v) is 28.0. The first-order valence-corrected chi connectivity index (χ1v) is 17.7. The van der Waals surface area contributed by atoms with Crippen LogP contribution in [0.3, 0.4) is 0 Å². The highest BCUT2D eigenvalue weighted by Crippen LogP contribution is 2.35. The van der Waals surface area contributed by atoms with Crippen LogP contribution in [0.25, 0.3) is 0 Å². The Morgan fingerprint density at radius 1 is 0.364 bits per heavy atom. The maximum absolute atomic E-state index is 6.02. The van der Waals surface area contributed by atoms with E-state index in [1.807, 2.05) is 23.5 Å². The van der Waals surface area contributed by atoms with Crippen LogP contribution in [-0.2, 0) is 10.8 Å². The van der Waals surface area contributed by atoms with Crippen LogP contribution in [0.2, 0.25) is 0 Å². The molecule has 6 heteroatoms. The van der Waals surface area contributed by atoms with Gasteiger partial charge in [0, 0.05) is 33.8 Å². The Bertz CT molecular complexity index is 1210. The number of benzene rings is 4.